The van der Waals surface area contributed by atoms with Gasteiger partial charge in [-0.1, -0.05) is 18.5 Å². The normalized spacial score (nSPS) is 21.5. The lowest BCUT2D eigenvalue weighted by molar-refractivity contribution is 0.0156. The molecule has 2 atom stereocenters. The van der Waals surface area contributed by atoms with E-state index in [4.69, 9.17) is 16.3 Å². The summed E-state index contributed by atoms with van der Waals surface area (Å²) < 4.78 is 5.46. The monoisotopic (exact) mass is 354 g/mol. The number of benzene rings is 1. The van der Waals surface area contributed by atoms with Crippen LogP contribution in [0.15, 0.2) is 18.2 Å². The molecule has 2 rings (SSSR count). The van der Waals surface area contributed by atoms with Crippen LogP contribution in [0.3, 0.4) is 0 Å². The van der Waals surface area contributed by atoms with Crippen molar-refractivity contribution in [2.75, 3.05) is 25.0 Å². The summed E-state index contributed by atoms with van der Waals surface area (Å²) in [4.78, 5) is 16.1. The van der Waals surface area contributed by atoms with Gasteiger partial charge in [-0.25, -0.2) is 4.79 Å². The van der Waals surface area contributed by atoms with E-state index in [2.05, 4.69) is 11.8 Å². The van der Waals surface area contributed by atoms with Crippen LogP contribution in [0.1, 0.15) is 34.1 Å². The first-order valence-electron chi connectivity index (χ1n) is 8.28. The van der Waals surface area contributed by atoms with Crippen LogP contribution in [0.2, 0.25) is 5.02 Å². The van der Waals surface area contributed by atoms with Gasteiger partial charge in [0, 0.05) is 37.3 Å². The van der Waals surface area contributed by atoms with Crippen LogP contribution < -0.4 is 4.90 Å². The van der Waals surface area contributed by atoms with Gasteiger partial charge in [-0.2, -0.15) is 0 Å². The van der Waals surface area contributed by atoms with Gasteiger partial charge in [-0.05, 0) is 45.2 Å². The Labute approximate surface area is 149 Å². The molecule has 0 aliphatic carbocycles. The molecule has 1 amide bonds. The van der Waals surface area contributed by atoms with Crippen LogP contribution in [-0.4, -0.2) is 47.9 Å². The Bertz CT molecular complexity index is 600. The summed E-state index contributed by atoms with van der Waals surface area (Å²) in [5, 5.41) is 10.6. The number of phenols is 1. The van der Waals surface area contributed by atoms with Crippen molar-refractivity contribution in [2.24, 2.45) is 5.92 Å². The van der Waals surface area contributed by atoms with Crippen molar-refractivity contribution in [3.05, 3.63) is 23.2 Å². The number of nitrogens with zero attached hydrogens (tertiary/aromatic N) is 2. The highest BCUT2D eigenvalue weighted by atomic mass is 35.5. The minimum atomic E-state index is -0.483. The number of halogens is 1. The molecule has 6 heteroatoms. The minimum Gasteiger partial charge on any atom is -0.506 e. The third kappa shape index (κ3) is 4.47. The maximum atomic E-state index is 12.2. The first kappa shape index (κ1) is 18.7. The Balaban J connectivity index is 2.04. The summed E-state index contributed by atoms with van der Waals surface area (Å²) in [6.45, 7) is 9.01. The van der Waals surface area contributed by atoms with Crippen LogP contribution in [0, 0.1) is 5.92 Å². The Kier molecular flexibility index (Phi) is 5.53. The van der Waals surface area contributed by atoms with Crippen molar-refractivity contribution in [3.63, 3.8) is 0 Å². The molecule has 0 bridgehead atoms. The second-order valence-corrected chi connectivity index (χ2v) is 7.94. The lowest BCUT2D eigenvalue weighted by Gasteiger charge is -2.42. The molecule has 1 heterocycles. The number of ether oxygens (including phenoxy) is 1. The van der Waals surface area contributed by atoms with Crippen LogP contribution in [0.4, 0.5) is 10.5 Å². The van der Waals surface area contributed by atoms with Crippen molar-refractivity contribution in [3.8, 4) is 5.75 Å². The van der Waals surface area contributed by atoms with E-state index in [0.29, 0.717) is 18.1 Å². The van der Waals surface area contributed by atoms with Crippen molar-refractivity contribution in [1.29, 1.82) is 0 Å². The molecular weight excluding hydrogens is 328 g/mol. The van der Waals surface area contributed by atoms with E-state index >= 15 is 0 Å². The number of aromatic hydroxyl groups is 1. The molecule has 0 spiro atoms. The van der Waals surface area contributed by atoms with E-state index in [-0.39, 0.29) is 23.8 Å². The van der Waals surface area contributed by atoms with Crippen LogP contribution >= 0.6 is 11.6 Å². The first-order chi connectivity index (χ1) is 11.1. The topological polar surface area (TPSA) is 53.0 Å². The molecule has 0 aromatic heterocycles. The van der Waals surface area contributed by atoms with E-state index in [0.717, 1.165) is 12.1 Å². The zero-order chi connectivity index (χ0) is 18.1. The average molecular weight is 355 g/mol. The van der Waals surface area contributed by atoms with Gasteiger partial charge in [-0.15, -0.1) is 0 Å². The number of hydrogen-bond donors (Lipinski definition) is 1. The molecule has 0 saturated carbocycles. The first-order valence-corrected chi connectivity index (χ1v) is 8.65. The fourth-order valence-corrected chi connectivity index (χ4v) is 3.34. The standard InChI is InChI=1S/C18H27ClN2O3/c1-12-11-21(17(23)24-18(2,3)4)9-8-14(12)20(5)15-7-6-13(19)10-16(15)22/h6-7,10,12,14,22H,8-9,11H2,1-5H3. The highest BCUT2D eigenvalue weighted by Crippen LogP contribution is 2.34. The number of phenolic OH excluding ortho intramolecular Hbond substituents is 1. The van der Waals surface area contributed by atoms with E-state index in [1.165, 1.54) is 0 Å². The molecule has 134 valence electrons. The highest BCUT2D eigenvalue weighted by molar-refractivity contribution is 6.30. The van der Waals surface area contributed by atoms with Gasteiger partial charge in [0.05, 0.1) is 5.69 Å². The van der Waals surface area contributed by atoms with Crippen molar-refractivity contribution < 1.29 is 14.6 Å². The fraction of sp³-hybridized carbons (Fsp3) is 0.611. The van der Waals surface area contributed by atoms with E-state index in [1.807, 2.05) is 33.9 Å². The van der Waals surface area contributed by atoms with Crippen molar-refractivity contribution in [1.82, 2.24) is 4.90 Å². The molecule has 1 fully saturated rings. The van der Waals surface area contributed by atoms with Gasteiger partial charge >= 0.3 is 6.09 Å². The average Bonchev–Trinajstić information content (AvgIpc) is 2.44. The second-order valence-electron chi connectivity index (χ2n) is 7.50. The predicted octanol–water partition coefficient (Wildman–Crippen LogP) is 4.13. The number of piperidine rings is 1. The lowest BCUT2D eigenvalue weighted by Crippen LogP contribution is -2.51. The smallest absolute Gasteiger partial charge is 0.410 e. The molecular formula is C18H27ClN2O3. The third-order valence-corrected chi connectivity index (χ3v) is 4.56. The van der Waals surface area contributed by atoms with Gasteiger partial charge in [0.1, 0.15) is 11.4 Å². The van der Waals surface area contributed by atoms with Crippen LogP contribution in [-0.2, 0) is 4.74 Å². The van der Waals surface area contributed by atoms with E-state index in [9.17, 15) is 9.90 Å². The summed E-state index contributed by atoms with van der Waals surface area (Å²) >= 11 is 5.91. The molecule has 1 N–H and O–H groups in total. The number of carbonyl (C=O) groups excluding carboxylic acids is 1. The van der Waals surface area contributed by atoms with E-state index < -0.39 is 5.60 Å². The summed E-state index contributed by atoms with van der Waals surface area (Å²) in [7, 11) is 1.97. The Morgan fingerprint density at radius 2 is 2.08 bits per heavy atom. The number of hydrogen-bond acceptors (Lipinski definition) is 4. The van der Waals surface area contributed by atoms with Gasteiger partial charge < -0.3 is 19.6 Å². The minimum absolute atomic E-state index is 0.173. The maximum absolute atomic E-state index is 12.2. The molecule has 0 radical (unpaired) electrons. The van der Waals surface area contributed by atoms with Gasteiger partial charge in [0.25, 0.3) is 0 Å². The molecule has 5 nitrogen and oxygen atoms in total. The highest BCUT2D eigenvalue weighted by Gasteiger charge is 2.33. The Hall–Kier alpha value is -1.62. The molecule has 1 saturated heterocycles. The lowest BCUT2D eigenvalue weighted by atomic mass is 9.92. The number of anilines is 1. The molecule has 1 aliphatic rings. The number of likely N-dealkylation sites (tertiary alicyclic amines) is 1. The van der Waals surface area contributed by atoms with E-state index in [1.54, 1.807) is 17.0 Å². The maximum Gasteiger partial charge on any atom is 0.410 e. The predicted molar refractivity (Wildman–Crippen MR) is 96.9 cm³/mol. The second kappa shape index (κ2) is 7.09. The van der Waals surface area contributed by atoms with Crippen molar-refractivity contribution in [2.45, 2.75) is 45.8 Å². The Morgan fingerprint density at radius 3 is 2.62 bits per heavy atom. The molecule has 1 aliphatic heterocycles. The van der Waals surface area contributed by atoms with Gasteiger partial charge in [-0.3, -0.25) is 0 Å². The molecule has 1 aromatic carbocycles. The number of rotatable bonds is 2. The third-order valence-electron chi connectivity index (χ3n) is 4.33. The fourth-order valence-electron chi connectivity index (χ4n) is 3.17. The zero-order valence-corrected chi connectivity index (χ0v) is 15.8. The summed E-state index contributed by atoms with van der Waals surface area (Å²) in [5.41, 5.74) is 0.269. The van der Waals surface area contributed by atoms with Crippen molar-refractivity contribution >= 4 is 23.4 Å². The quantitative estimate of drug-likeness (QED) is 0.867. The van der Waals surface area contributed by atoms with Crippen LogP contribution in [0.5, 0.6) is 5.75 Å². The Morgan fingerprint density at radius 1 is 1.42 bits per heavy atom. The largest absolute Gasteiger partial charge is 0.506 e. The molecule has 2 unspecified atom stereocenters. The number of amides is 1. The molecule has 1 aromatic rings. The summed E-state index contributed by atoms with van der Waals surface area (Å²) in [6, 6.07) is 5.38. The summed E-state index contributed by atoms with van der Waals surface area (Å²) in [5.74, 6) is 0.429. The van der Waals surface area contributed by atoms with Gasteiger partial charge in [0.15, 0.2) is 0 Å². The zero-order valence-electron chi connectivity index (χ0n) is 15.0. The summed E-state index contributed by atoms with van der Waals surface area (Å²) in [6.07, 6.45) is 0.559. The number of carbonyl (C=O) groups is 1. The van der Waals surface area contributed by atoms with Crippen LogP contribution in [0.25, 0.3) is 0 Å². The van der Waals surface area contributed by atoms with Gasteiger partial charge in [0.2, 0.25) is 0 Å². The molecule has 24 heavy (non-hydrogen) atoms. The SMILES string of the molecule is CC1CN(C(=O)OC(C)(C)C)CCC1N(C)c1ccc(Cl)cc1O.